The standard InChI is InChI=1S/C20H17NS/c1-21(2)18(22)12-16-9-8-15-7-6-13-4-3-5-14-10-11-17(16)20(15)19(13)14/h3-11H,12H2,1-2H3. The van der Waals surface area contributed by atoms with Gasteiger partial charge < -0.3 is 4.90 Å². The van der Waals surface area contributed by atoms with Gasteiger partial charge in [0.1, 0.15) is 0 Å². The number of thiocarbonyl (C=S) groups is 1. The number of likely N-dealkylation sites (N-methyl/N-ethyl adjacent to an activating group) is 1. The summed E-state index contributed by atoms with van der Waals surface area (Å²) < 4.78 is 0. The molecule has 4 aromatic carbocycles. The van der Waals surface area contributed by atoms with Crippen molar-refractivity contribution in [2.75, 3.05) is 14.1 Å². The molecule has 108 valence electrons. The van der Waals surface area contributed by atoms with E-state index in [2.05, 4.69) is 54.6 Å². The summed E-state index contributed by atoms with van der Waals surface area (Å²) in [6, 6.07) is 19.9. The molecule has 0 atom stereocenters. The van der Waals surface area contributed by atoms with E-state index in [1.165, 1.54) is 37.9 Å². The number of rotatable bonds is 2. The van der Waals surface area contributed by atoms with E-state index < -0.39 is 0 Å². The van der Waals surface area contributed by atoms with Crippen molar-refractivity contribution in [2.45, 2.75) is 6.42 Å². The Morgan fingerprint density at radius 1 is 0.818 bits per heavy atom. The van der Waals surface area contributed by atoms with Crippen LogP contribution < -0.4 is 0 Å². The van der Waals surface area contributed by atoms with Crippen LogP contribution in [0, 0.1) is 0 Å². The lowest BCUT2D eigenvalue weighted by atomic mass is 9.91. The Kier molecular flexibility index (Phi) is 3.02. The van der Waals surface area contributed by atoms with Crippen LogP contribution in [0.2, 0.25) is 0 Å². The Morgan fingerprint density at radius 2 is 1.41 bits per heavy atom. The number of benzene rings is 4. The van der Waals surface area contributed by atoms with Crippen LogP contribution in [0.3, 0.4) is 0 Å². The average molecular weight is 303 g/mol. The summed E-state index contributed by atoms with van der Waals surface area (Å²) in [5.41, 5.74) is 1.31. The smallest absolute Gasteiger partial charge is 0.0818 e. The lowest BCUT2D eigenvalue weighted by Crippen LogP contribution is -2.21. The van der Waals surface area contributed by atoms with E-state index in [0.29, 0.717) is 0 Å². The molecule has 0 aliphatic heterocycles. The Labute approximate surface area is 135 Å². The predicted molar refractivity (Wildman–Crippen MR) is 100 cm³/mol. The molecule has 2 heteroatoms. The minimum atomic E-state index is 0.816. The maximum Gasteiger partial charge on any atom is 0.0818 e. The van der Waals surface area contributed by atoms with Crippen molar-refractivity contribution in [3.8, 4) is 0 Å². The van der Waals surface area contributed by atoms with E-state index in [-0.39, 0.29) is 0 Å². The first-order valence-electron chi connectivity index (χ1n) is 7.51. The normalized spacial score (nSPS) is 11.5. The summed E-state index contributed by atoms with van der Waals surface area (Å²) in [5.74, 6) is 0. The predicted octanol–water partition coefficient (Wildman–Crippen LogP) is 5.02. The fraction of sp³-hybridized carbons (Fsp3) is 0.150. The Hall–Kier alpha value is -2.19. The molecule has 4 rings (SSSR count). The highest BCUT2D eigenvalue weighted by Gasteiger charge is 2.11. The maximum atomic E-state index is 5.50. The van der Waals surface area contributed by atoms with Gasteiger partial charge in [0.05, 0.1) is 4.99 Å². The van der Waals surface area contributed by atoms with Gasteiger partial charge in [-0.25, -0.2) is 0 Å². The number of nitrogens with zero attached hydrogens (tertiary/aromatic N) is 1. The van der Waals surface area contributed by atoms with E-state index in [0.717, 1.165) is 11.4 Å². The summed E-state index contributed by atoms with van der Waals surface area (Å²) in [5, 5.41) is 7.99. The van der Waals surface area contributed by atoms with Crippen LogP contribution in [0.5, 0.6) is 0 Å². The lowest BCUT2D eigenvalue weighted by Gasteiger charge is -2.17. The Balaban J connectivity index is 2.06. The maximum absolute atomic E-state index is 5.50. The summed E-state index contributed by atoms with van der Waals surface area (Å²) in [6.45, 7) is 0. The molecule has 22 heavy (non-hydrogen) atoms. The Morgan fingerprint density at radius 3 is 2.09 bits per heavy atom. The molecule has 0 bridgehead atoms. The zero-order valence-electron chi connectivity index (χ0n) is 12.8. The first-order chi connectivity index (χ1) is 10.6. The average Bonchev–Trinajstić information content (AvgIpc) is 2.53. The third kappa shape index (κ3) is 1.95. The van der Waals surface area contributed by atoms with Gasteiger partial charge in [0.2, 0.25) is 0 Å². The summed E-state index contributed by atoms with van der Waals surface area (Å²) in [4.78, 5) is 2.99. The Bertz CT molecular complexity index is 985. The van der Waals surface area contributed by atoms with E-state index in [9.17, 15) is 0 Å². The van der Waals surface area contributed by atoms with Crippen molar-refractivity contribution in [3.63, 3.8) is 0 Å². The van der Waals surface area contributed by atoms with E-state index >= 15 is 0 Å². The van der Waals surface area contributed by atoms with Crippen LogP contribution in [0.1, 0.15) is 5.56 Å². The third-order valence-corrected chi connectivity index (χ3v) is 4.97. The molecule has 0 saturated carbocycles. The molecule has 0 saturated heterocycles. The van der Waals surface area contributed by atoms with Crippen LogP contribution in [0.25, 0.3) is 32.3 Å². The summed E-state index contributed by atoms with van der Waals surface area (Å²) in [6.07, 6.45) is 0.816. The summed E-state index contributed by atoms with van der Waals surface area (Å²) >= 11 is 5.50. The molecule has 0 aromatic heterocycles. The molecule has 0 radical (unpaired) electrons. The van der Waals surface area contributed by atoms with E-state index in [4.69, 9.17) is 12.2 Å². The van der Waals surface area contributed by atoms with Gasteiger partial charge in [-0.1, -0.05) is 66.8 Å². The lowest BCUT2D eigenvalue weighted by molar-refractivity contribution is 0.624. The number of hydrogen-bond acceptors (Lipinski definition) is 1. The van der Waals surface area contributed by atoms with E-state index in [1.54, 1.807) is 0 Å². The van der Waals surface area contributed by atoms with Gasteiger partial charge >= 0.3 is 0 Å². The SMILES string of the molecule is CN(C)C(=S)Cc1ccc2ccc3cccc4ccc1c2c34. The van der Waals surface area contributed by atoms with Gasteiger partial charge in [-0.15, -0.1) is 0 Å². The minimum absolute atomic E-state index is 0.816. The molecule has 1 nitrogen and oxygen atoms in total. The highest BCUT2D eigenvalue weighted by Crippen LogP contribution is 2.36. The van der Waals surface area contributed by atoms with E-state index in [1.807, 2.05) is 19.0 Å². The van der Waals surface area contributed by atoms with Crippen LogP contribution in [0.4, 0.5) is 0 Å². The first kappa shape index (κ1) is 13.5. The second-order valence-corrected chi connectivity index (χ2v) is 6.52. The highest BCUT2D eigenvalue weighted by molar-refractivity contribution is 7.80. The molecule has 0 aliphatic rings. The second kappa shape index (κ2) is 4.92. The fourth-order valence-electron chi connectivity index (χ4n) is 3.27. The zero-order chi connectivity index (χ0) is 15.3. The van der Waals surface area contributed by atoms with Gasteiger partial charge in [-0.3, -0.25) is 0 Å². The zero-order valence-corrected chi connectivity index (χ0v) is 13.6. The minimum Gasteiger partial charge on any atom is -0.372 e. The van der Waals surface area contributed by atoms with Gasteiger partial charge in [0.25, 0.3) is 0 Å². The van der Waals surface area contributed by atoms with Crippen molar-refractivity contribution < 1.29 is 0 Å². The second-order valence-electron chi connectivity index (χ2n) is 6.05. The third-order valence-electron chi connectivity index (χ3n) is 4.46. The van der Waals surface area contributed by atoms with Crippen molar-refractivity contribution >= 4 is 49.5 Å². The fourth-order valence-corrected chi connectivity index (χ4v) is 3.43. The van der Waals surface area contributed by atoms with Crippen molar-refractivity contribution in [1.82, 2.24) is 4.90 Å². The van der Waals surface area contributed by atoms with Crippen LogP contribution in [-0.4, -0.2) is 24.0 Å². The van der Waals surface area contributed by atoms with Gasteiger partial charge in [0, 0.05) is 20.5 Å². The first-order valence-corrected chi connectivity index (χ1v) is 7.91. The molecule has 0 fully saturated rings. The largest absolute Gasteiger partial charge is 0.372 e. The molecule has 0 amide bonds. The molecular weight excluding hydrogens is 286 g/mol. The van der Waals surface area contributed by atoms with Gasteiger partial charge in [-0.2, -0.15) is 0 Å². The summed E-state index contributed by atoms with van der Waals surface area (Å²) in [7, 11) is 4.02. The van der Waals surface area contributed by atoms with Gasteiger partial charge in [0.15, 0.2) is 0 Å². The van der Waals surface area contributed by atoms with Crippen LogP contribution >= 0.6 is 12.2 Å². The molecular formula is C20H17NS. The van der Waals surface area contributed by atoms with Crippen molar-refractivity contribution in [2.24, 2.45) is 0 Å². The quantitative estimate of drug-likeness (QED) is 0.378. The molecule has 0 heterocycles. The van der Waals surface area contributed by atoms with Gasteiger partial charge in [-0.05, 0) is 37.9 Å². The molecule has 0 aliphatic carbocycles. The van der Waals surface area contributed by atoms with Crippen LogP contribution in [0.15, 0.2) is 54.6 Å². The molecule has 0 N–H and O–H groups in total. The monoisotopic (exact) mass is 303 g/mol. The van der Waals surface area contributed by atoms with Crippen molar-refractivity contribution in [3.05, 3.63) is 60.2 Å². The molecule has 0 spiro atoms. The van der Waals surface area contributed by atoms with Crippen LogP contribution in [-0.2, 0) is 6.42 Å². The topological polar surface area (TPSA) is 3.24 Å². The molecule has 4 aromatic rings. The van der Waals surface area contributed by atoms with Crippen molar-refractivity contribution in [1.29, 1.82) is 0 Å². The molecule has 0 unspecified atom stereocenters. The number of hydrogen-bond donors (Lipinski definition) is 0. The highest BCUT2D eigenvalue weighted by atomic mass is 32.1.